The lowest BCUT2D eigenvalue weighted by molar-refractivity contribution is -0.136. The van der Waals surface area contributed by atoms with E-state index in [1.807, 2.05) is 73.8 Å². The highest BCUT2D eigenvalue weighted by Gasteiger charge is 2.18. The Balaban J connectivity index is 2.45. The van der Waals surface area contributed by atoms with Gasteiger partial charge in [0, 0.05) is 5.69 Å². The van der Waals surface area contributed by atoms with Crippen LogP contribution in [-0.2, 0) is 9.53 Å². The minimum Gasteiger partial charge on any atom is -0.462 e. The lowest BCUT2D eigenvalue weighted by Crippen LogP contribution is -2.12. The van der Waals surface area contributed by atoms with Crippen LogP contribution in [0.1, 0.15) is 12.5 Å². The molecule has 0 saturated carbocycles. The van der Waals surface area contributed by atoms with Gasteiger partial charge in [-0.05, 0) is 30.9 Å². The summed E-state index contributed by atoms with van der Waals surface area (Å²) in [6.45, 7) is 2.16. The first kappa shape index (κ1) is 16.2. The minimum absolute atomic E-state index is 0.318. The lowest BCUT2D eigenvalue weighted by Gasteiger charge is -2.15. The first-order valence-corrected chi connectivity index (χ1v) is 8.31. The summed E-state index contributed by atoms with van der Waals surface area (Å²) in [5, 5.41) is 4.08. The summed E-state index contributed by atoms with van der Waals surface area (Å²) in [4.78, 5) is 12.4. The molecule has 0 radical (unpaired) electrons. The number of carbonyl (C=O) groups is 1. The van der Waals surface area contributed by atoms with Crippen LogP contribution >= 0.6 is 11.8 Å². The third kappa shape index (κ3) is 4.15. The van der Waals surface area contributed by atoms with Crippen LogP contribution in [0, 0.1) is 0 Å². The number of anilines is 1. The number of hydrogen-bond acceptors (Lipinski definition) is 4. The highest BCUT2D eigenvalue weighted by atomic mass is 32.2. The molecule has 0 aliphatic heterocycles. The van der Waals surface area contributed by atoms with Crippen LogP contribution in [0.5, 0.6) is 0 Å². The van der Waals surface area contributed by atoms with Gasteiger partial charge in [-0.2, -0.15) is 0 Å². The summed E-state index contributed by atoms with van der Waals surface area (Å²) < 4.78 is 5.23. The molecule has 0 fully saturated rings. The maximum Gasteiger partial charge on any atom is 0.341 e. The summed E-state index contributed by atoms with van der Waals surface area (Å²) in [5.41, 5.74) is 2.33. The van der Waals surface area contributed by atoms with Crippen molar-refractivity contribution in [1.82, 2.24) is 0 Å². The van der Waals surface area contributed by atoms with E-state index in [0.717, 1.165) is 16.3 Å². The summed E-state index contributed by atoms with van der Waals surface area (Å²) in [7, 11) is 0. The molecule has 4 heteroatoms. The number of hydrogen-bond donors (Lipinski definition) is 1. The summed E-state index contributed by atoms with van der Waals surface area (Å²) >= 11 is 1.49. The van der Waals surface area contributed by atoms with Crippen molar-refractivity contribution in [3.8, 4) is 0 Å². The third-order valence-corrected chi connectivity index (χ3v) is 3.72. The molecule has 0 heterocycles. The summed E-state index contributed by atoms with van der Waals surface area (Å²) in [5.74, 6) is -0.318. The predicted molar refractivity (Wildman–Crippen MR) is 93.6 cm³/mol. The summed E-state index contributed by atoms with van der Waals surface area (Å²) in [6, 6.07) is 19.4. The van der Waals surface area contributed by atoms with Crippen LogP contribution in [-0.4, -0.2) is 18.8 Å². The predicted octanol–water partition coefficient (Wildman–Crippen LogP) is 4.39. The van der Waals surface area contributed by atoms with E-state index in [1.165, 1.54) is 11.8 Å². The number of para-hydroxylation sites is 1. The summed E-state index contributed by atoms with van der Waals surface area (Å²) in [6.07, 6.45) is 1.94. The zero-order valence-electron chi connectivity index (χ0n) is 12.7. The number of nitrogens with one attached hydrogen (secondary N) is 1. The van der Waals surface area contributed by atoms with Gasteiger partial charge >= 0.3 is 5.97 Å². The lowest BCUT2D eigenvalue weighted by atomic mass is 10.1. The number of rotatable bonds is 6. The highest BCUT2D eigenvalue weighted by molar-refractivity contribution is 8.02. The van der Waals surface area contributed by atoms with Gasteiger partial charge in [-0.25, -0.2) is 4.79 Å². The van der Waals surface area contributed by atoms with Gasteiger partial charge in [-0.15, -0.1) is 11.8 Å². The Morgan fingerprint density at radius 2 is 1.64 bits per heavy atom. The topological polar surface area (TPSA) is 38.3 Å². The molecule has 0 atom stereocenters. The Labute approximate surface area is 135 Å². The Morgan fingerprint density at radius 1 is 1.05 bits per heavy atom. The first-order valence-electron chi connectivity index (χ1n) is 7.09. The molecule has 2 aromatic carbocycles. The van der Waals surface area contributed by atoms with E-state index in [1.54, 1.807) is 0 Å². The number of esters is 1. The fourth-order valence-corrected chi connectivity index (χ4v) is 2.64. The molecule has 0 spiro atoms. The molecule has 0 unspecified atom stereocenters. The molecule has 22 heavy (non-hydrogen) atoms. The molecule has 1 N–H and O–H groups in total. The monoisotopic (exact) mass is 313 g/mol. The molecule has 2 aromatic rings. The molecule has 0 amide bonds. The van der Waals surface area contributed by atoms with Gasteiger partial charge < -0.3 is 10.1 Å². The van der Waals surface area contributed by atoms with E-state index < -0.39 is 0 Å². The Kier molecular flexibility index (Phi) is 6.10. The second kappa shape index (κ2) is 8.29. The molecular formula is C18H19NO2S. The van der Waals surface area contributed by atoms with Crippen LogP contribution in [0.3, 0.4) is 0 Å². The standard InChI is InChI=1S/C18H19NO2S/c1-3-21-18(20)16(14-10-6-4-7-11-14)17(22-2)19-15-12-8-5-9-13-15/h4-13,19H,3H2,1-2H3/b17-16-. The van der Waals surface area contributed by atoms with Gasteiger partial charge in [-0.3, -0.25) is 0 Å². The number of benzene rings is 2. The smallest absolute Gasteiger partial charge is 0.341 e. The van der Waals surface area contributed by atoms with Gasteiger partial charge in [0.1, 0.15) is 0 Å². The SMILES string of the molecule is CCOC(=O)/C(=C(/Nc1ccccc1)SC)c1ccccc1. The highest BCUT2D eigenvalue weighted by Crippen LogP contribution is 2.28. The average Bonchev–Trinajstić information content (AvgIpc) is 2.56. The van der Waals surface area contributed by atoms with E-state index in [2.05, 4.69) is 5.32 Å². The van der Waals surface area contributed by atoms with Crippen molar-refractivity contribution < 1.29 is 9.53 Å². The maximum absolute atomic E-state index is 12.4. The van der Waals surface area contributed by atoms with Crippen LogP contribution < -0.4 is 5.32 Å². The van der Waals surface area contributed by atoms with Gasteiger partial charge in [0.25, 0.3) is 0 Å². The fraction of sp³-hybridized carbons (Fsp3) is 0.167. The van der Waals surface area contributed by atoms with Crippen LogP contribution in [0.25, 0.3) is 5.57 Å². The molecule has 0 saturated heterocycles. The van der Waals surface area contributed by atoms with Crippen molar-refractivity contribution in [2.24, 2.45) is 0 Å². The quantitative estimate of drug-likeness (QED) is 0.634. The first-order chi connectivity index (χ1) is 10.8. The molecule has 3 nitrogen and oxygen atoms in total. The zero-order valence-corrected chi connectivity index (χ0v) is 13.5. The van der Waals surface area contributed by atoms with E-state index in [0.29, 0.717) is 12.2 Å². The van der Waals surface area contributed by atoms with Crippen molar-refractivity contribution in [3.63, 3.8) is 0 Å². The largest absolute Gasteiger partial charge is 0.462 e. The van der Waals surface area contributed by atoms with Gasteiger partial charge in [0.2, 0.25) is 0 Å². The number of carbonyl (C=O) groups excluding carboxylic acids is 1. The molecule has 2 rings (SSSR count). The van der Waals surface area contributed by atoms with E-state index >= 15 is 0 Å². The normalized spacial score (nSPS) is 11.5. The Morgan fingerprint density at radius 3 is 2.18 bits per heavy atom. The maximum atomic E-state index is 12.4. The Hall–Kier alpha value is -2.20. The number of thioether (sulfide) groups is 1. The average molecular weight is 313 g/mol. The number of ether oxygens (including phenoxy) is 1. The second-order valence-corrected chi connectivity index (χ2v) is 5.30. The van der Waals surface area contributed by atoms with Crippen LogP contribution in [0.15, 0.2) is 65.7 Å². The second-order valence-electron chi connectivity index (χ2n) is 4.49. The van der Waals surface area contributed by atoms with Crippen molar-refractivity contribution in [1.29, 1.82) is 0 Å². The zero-order chi connectivity index (χ0) is 15.8. The fourth-order valence-electron chi connectivity index (χ4n) is 2.02. The molecule has 0 aliphatic carbocycles. The van der Waals surface area contributed by atoms with E-state index in [4.69, 9.17) is 4.74 Å². The molecule has 0 bridgehead atoms. The Bertz CT molecular complexity index is 639. The van der Waals surface area contributed by atoms with Crippen molar-refractivity contribution in [2.45, 2.75) is 6.92 Å². The third-order valence-electron chi connectivity index (χ3n) is 3.00. The molecular weight excluding hydrogens is 294 g/mol. The minimum atomic E-state index is -0.318. The van der Waals surface area contributed by atoms with Crippen molar-refractivity contribution >= 4 is 29.0 Å². The van der Waals surface area contributed by atoms with Crippen LogP contribution in [0.2, 0.25) is 0 Å². The molecule has 0 aromatic heterocycles. The van der Waals surface area contributed by atoms with Gasteiger partial charge in [0.05, 0.1) is 17.2 Å². The van der Waals surface area contributed by atoms with E-state index in [9.17, 15) is 4.79 Å². The van der Waals surface area contributed by atoms with Crippen molar-refractivity contribution in [3.05, 3.63) is 71.3 Å². The van der Waals surface area contributed by atoms with Crippen LogP contribution in [0.4, 0.5) is 5.69 Å². The molecule has 114 valence electrons. The molecule has 0 aliphatic rings. The van der Waals surface area contributed by atoms with Gasteiger partial charge in [0.15, 0.2) is 0 Å². The van der Waals surface area contributed by atoms with E-state index in [-0.39, 0.29) is 5.97 Å². The van der Waals surface area contributed by atoms with Gasteiger partial charge in [-0.1, -0.05) is 48.5 Å². The van der Waals surface area contributed by atoms with Crippen molar-refractivity contribution in [2.75, 3.05) is 18.2 Å².